The van der Waals surface area contributed by atoms with Crippen LogP contribution in [0.1, 0.15) is 45.7 Å². The molecule has 6 nitrogen and oxygen atoms in total. The van der Waals surface area contributed by atoms with Crippen LogP contribution in [0.2, 0.25) is 0 Å². The largest absolute Gasteiger partial charge is 0.492 e. The molecule has 2 N–H and O–H groups in total. The smallest absolute Gasteiger partial charge is 0.418 e. The molecule has 200 valence electrons. The summed E-state index contributed by atoms with van der Waals surface area (Å²) in [4.78, 5) is 12.7. The molecule has 2 aromatic carbocycles. The third-order valence-electron chi connectivity index (χ3n) is 5.99. The lowest BCUT2D eigenvalue weighted by Crippen LogP contribution is -2.28. The number of nitrogens with zero attached hydrogens (tertiary/aromatic N) is 3. The standard InChI is InChI=1S/C29H32F3N5O/c1-18(2)33-13-14-38-25-16-20(9-11-22(25)28(3,4)5)37-27-21-10-8-19(15-24(21)35-17-36-27)26-23(29(30,31)32)7-6-12-34-26/h6-12,15-18,33H,13-14H2,1-5H3,(H,35,36,37). The molecule has 0 spiro atoms. The van der Waals surface area contributed by atoms with Gasteiger partial charge < -0.3 is 15.4 Å². The number of fused-ring (bicyclic) bond motifs is 1. The van der Waals surface area contributed by atoms with Crippen molar-refractivity contribution < 1.29 is 17.9 Å². The predicted octanol–water partition coefficient (Wildman–Crippen LogP) is 7.13. The monoisotopic (exact) mass is 523 g/mol. The van der Waals surface area contributed by atoms with Gasteiger partial charge in [-0.3, -0.25) is 4.98 Å². The number of pyridine rings is 1. The summed E-state index contributed by atoms with van der Waals surface area (Å²) in [6.07, 6.45) is -1.78. The number of aromatic nitrogens is 3. The fourth-order valence-electron chi connectivity index (χ4n) is 4.15. The van der Waals surface area contributed by atoms with Gasteiger partial charge in [-0.05, 0) is 41.3 Å². The SMILES string of the molecule is CC(C)NCCOc1cc(Nc2ncnc3cc(-c4ncccc4C(F)(F)F)ccc23)ccc1C(C)(C)C. The van der Waals surface area contributed by atoms with Crippen molar-refractivity contribution in [1.29, 1.82) is 0 Å². The van der Waals surface area contributed by atoms with Crippen molar-refractivity contribution in [3.05, 3.63) is 72.2 Å². The highest BCUT2D eigenvalue weighted by atomic mass is 19.4. The number of hydrogen-bond donors (Lipinski definition) is 2. The molecule has 2 aromatic heterocycles. The van der Waals surface area contributed by atoms with E-state index < -0.39 is 11.7 Å². The first kappa shape index (κ1) is 27.3. The molecule has 0 saturated heterocycles. The Bertz CT molecular complexity index is 1410. The van der Waals surface area contributed by atoms with Crippen LogP contribution in [0.3, 0.4) is 0 Å². The summed E-state index contributed by atoms with van der Waals surface area (Å²) in [6, 6.07) is 13.5. The third-order valence-corrected chi connectivity index (χ3v) is 5.99. The molecule has 0 radical (unpaired) electrons. The first-order chi connectivity index (χ1) is 17.9. The van der Waals surface area contributed by atoms with Crippen LogP contribution in [-0.2, 0) is 11.6 Å². The number of anilines is 2. The Labute approximate surface area is 220 Å². The lowest BCUT2D eigenvalue weighted by molar-refractivity contribution is -0.137. The van der Waals surface area contributed by atoms with Gasteiger partial charge in [0, 0.05) is 41.5 Å². The summed E-state index contributed by atoms with van der Waals surface area (Å²) in [5.41, 5.74) is 1.65. The lowest BCUT2D eigenvalue weighted by atomic mass is 9.86. The average molecular weight is 524 g/mol. The Morgan fingerprint density at radius 1 is 0.921 bits per heavy atom. The van der Waals surface area contributed by atoms with Crippen molar-refractivity contribution >= 4 is 22.4 Å². The van der Waals surface area contributed by atoms with Crippen molar-refractivity contribution in [2.45, 2.75) is 52.3 Å². The molecule has 0 aliphatic carbocycles. The fourth-order valence-corrected chi connectivity index (χ4v) is 4.15. The van der Waals surface area contributed by atoms with Crippen molar-refractivity contribution in [3.63, 3.8) is 0 Å². The highest BCUT2D eigenvalue weighted by Gasteiger charge is 2.34. The van der Waals surface area contributed by atoms with E-state index in [0.29, 0.717) is 34.9 Å². The predicted molar refractivity (Wildman–Crippen MR) is 145 cm³/mol. The van der Waals surface area contributed by atoms with Crippen LogP contribution < -0.4 is 15.4 Å². The van der Waals surface area contributed by atoms with Crippen LogP contribution in [-0.4, -0.2) is 34.1 Å². The minimum Gasteiger partial charge on any atom is -0.492 e. The van der Waals surface area contributed by atoms with Crippen molar-refractivity contribution in [2.24, 2.45) is 0 Å². The second kappa shape index (κ2) is 10.9. The Morgan fingerprint density at radius 2 is 1.71 bits per heavy atom. The molecule has 0 amide bonds. The first-order valence-electron chi connectivity index (χ1n) is 12.5. The summed E-state index contributed by atoms with van der Waals surface area (Å²) in [5, 5.41) is 7.35. The zero-order chi connectivity index (χ0) is 27.5. The van der Waals surface area contributed by atoms with Crippen molar-refractivity contribution in [3.8, 4) is 17.0 Å². The zero-order valence-corrected chi connectivity index (χ0v) is 22.1. The van der Waals surface area contributed by atoms with Gasteiger partial charge in [0.05, 0.1) is 16.8 Å². The average Bonchev–Trinajstić information content (AvgIpc) is 2.85. The summed E-state index contributed by atoms with van der Waals surface area (Å²) in [5.74, 6) is 1.32. The zero-order valence-electron chi connectivity index (χ0n) is 22.1. The molecule has 2 heterocycles. The van der Waals surface area contributed by atoms with E-state index in [4.69, 9.17) is 4.74 Å². The lowest BCUT2D eigenvalue weighted by Gasteiger charge is -2.24. The van der Waals surface area contributed by atoms with Crippen LogP contribution in [0.5, 0.6) is 5.75 Å². The van der Waals surface area contributed by atoms with Crippen LogP contribution in [0.25, 0.3) is 22.2 Å². The van der Waals surface area contributed by atoms with E-state index in [1.54, 1.807) is 18.2 Å². The first-order valence-corrected chi connectivity index (χ1v) is 12.5. The molecule has 0 bridgehead atoms. The number of rotatable bonds is 8. The number of benzene rings is 2. The molecular weight excluding hydrogens is 491 g/mol. The molecule has 0 aliphatic rings. The van der Waals surface area contributed by atoms with Crippen molar-refractivity contribution in [2.75, 3.05) is 18.5 Å². The van der Waals surface area contributed by atoms with Gasteiger partial charge in [0.2, 0.25) is 0 Å². The quantitative estimate of drug-likeness (QED) is 0.240. The number of nitrogens with one attached hydrogen (secondary N) is 2. The molecule has 0 unspecified atom stereocenters. The molecule has 0 fully saturated rings. The van der Waals surface area contributed by atoms with E-state index in [-0.39, 0.29) is 11.1 Å². The van der Waals surface area contributed by atoms with Gasteiger partial charge in [0.1, 0.15) is 24.5 Å². The van der Waals surface area contributed by atoms with Crippen molar-refractivity contribution in [1.82, 2.24) is 20.3 Å². The molecule has 4 rings (SSSR count). The van der Waals surface area contributed by atoms with Gasteiger partial charge in [-0.15, -0.1) is 0 Å². The van der Waals surface area contributed by atoms with E-state index in [2.05, 4.69) is 60.2 Å². The maximum absolute atomic E-state index is 13.5. The Kier molecular flexibility index (Phi) is 7.87. The number of ether oxygens (including phenoxy) is 1. The van der Waals surface area contributed by atoms with E-state index in [1.165, 1.54) is 18.6 Å². The van der Waals surface area contributed by atoms with E-state index in [0.717, 1.165) is 29.6 Å². The highest BCUT2D eigenvalue weighted by molar-refractivity contribution is 5.93. The summed E-state index contributed by atoms with van der Waals surface area (Å²) in [6.45, 7) is 11.8. The Morgan fingerprint density at radius 3 is 2.42 bits per heavy atom. The minimum atomic E-state index is -4.51. The van der Waals surface area contributed by atoms with Crippen LogP contribution in [0.15, 0.2) is 61.1 Å². The van der Waals surface area contributed by atoms with Gasteiger partial charge in [0.15, 0.2) is 0 Å². The third kappa shape index (κ3) is 6.39. The normalized spacial score (nSPS) is 12.2. The number of alkyl halides is 3. The maximum Gasteiger partial charge on any atom is 0.418 e. The van der Waals surface area contributed by atoms with Gasteiger partial charge in [-0.2, -0.15) is 13.2 Å². The van der Waals surface area contributed by atoms with Gasteiger partial charge in [-0.1, -0.05) is 46.8 Å². The topological polar surface area (TPSA) is 72.0 Å². The van der Waals surface area contributed by atoms with Gasteiger partial charge in [0.25, 0.3) is 0 Å². The molecule has 0 saturated carbocycles. The minimum absolute atomic E-state index is 0.113. The Hall–Kier alpha value is -3.72. The van der Waals surface area contributed by atoms with Crippen LogP contribution in [0, 0.1) is 0 Å². The van der Waals surface area contributed by atoms with Gasteiger partial charge >= 0.3 is 6.18 Å². The van der Waals surface area contributed by atoms with E-state index in [1.807, 2.05) is 18.2 Å². The molecular formula is C29H32F3N5O. The number of hydrogen-bond acceptors (Lipinski definition) is 6. The fraction of sp³-hybridized carbons (Fsp3) is 0.345. The molecule has 0 aliphatic heterocycles. The summed E-state index contributed by atoms with van der Waals surface area (Å²) in [7, 11) is 0. The maximum atomic E-state index is 13.5. The van der Waals surface area contributed by atoms with E-state index in [9.17, 15) is 13.2 Å². The van der Waals surface area contributed by atoms with Crippen LogP contribution in [0.4, 0.5) is 24.7 Å². The van der Waals surface area contributed by atoms with Crippen LogP contribution >= 0.6 is 0 Å². The molecule has 38 heavy (non-hydrogen) atoms. The van der Waals surface area contributed by atoms with Gasteiger partial charge in [-0.25, -0.2) is 9.97 Å². The molecule has 4 aromatic rings. The highest BCUT2D eigenvalue weighted by Crippen LogP contribution is 2.38. The summed E-state index contributed by atoms with van der Waals surface area (Å²) >= 11 is 0. The summed E-state index contributed by atoms with van der Waals surface area (Å²) < 4.78 is 46.7. The number of halogens is 3. The Balaban J connectivity index is 1.65. The second-order valence-corrected chi connectivity index (χ2v) is 10.4. The molecule has 9 heteroatoms. The molecule has 0 atom stereocenters. The second-order valence-electron chi connectivity index (χ2n) is 10.4. The van der Waals surface area contributed by atoms with E-state index >= 15 is 0 Å².